The molecule has 0 heterocycles. The van der Waals surface area contributed by atoms with Gasteiger partial charge in [-0.1, -0.05) is 45.4 Å². The Labute approximate surface area is 129 Å². The maximum absolute atomic E-state index is 12.0. The first kappa shape index (κ1) is 19.9. The molecule has 0 radical (unpaired) electrons. The Morgan fingerprint density at radius 3 is 1.86 bits per heavy atom. The molecule has 4 nitrogen and oxygen atoms in total. The molecule has 0 saturated heterocycles. The van der Waals surface area contributed by atoms with Crippen molar-refractivity contribution in [2.45, 2.75) is 91.5 Å². The molecular formula is C17H33NO3. The standard InChI is InChI=1S/C17H33NO3/c1-6-7-8-9-10-11-12-13-14(19)18-17(4,5)16(2,3)15(20)21/h6-13H2,1-5H3,(H,18,19)(H,20,21). The zero-order valence-electron chi connectivity index (χ0n) is 14.4. The van der Waals surface area contributed by atoms with Gasteiger partial charge in [-0.2, -0.15) is 0 Å². The Kier molecular flexibility index (Phi) is 8.60. The van der Waals surface area contributed by atoms with Crippen molar-refractivity contribution in [2.24, 2.45) is 5.41 Å². The van der Waals surface area contributed by atoms with Gasteiger partial charge in [-0.05, 0) is 34.1 Å². The number of unbranched alkanes of at least 4 members (excludes halogenated alkanes) is 6. The molecular weight excluding hydrogens is 266 g/mol. The van der Waals surface area contributed by atoms with Gasteiger partial charge in [0.15, 0.2) is 0 Å². The summed E-state index contributed by atoms with van der Waals surface area (Å²) in [5.74, 6) is -0.952. The first-order valence-corrected chi connectivity index (χ1v) is 8.19. The van der Waals surface area contributed by atoms with Gasteiger partial charge in [0.25, 0.3) is 0 Å². The monoisotopic (exact) mass is 299 g/mol. The molecule has 0 aromatic heterocycles. The molecule has 124 valence electrons. The van der Waals surface area contributed by atoms with Crippen molar-refractivity contribution in [1.29, 1.82) is 0 Å². The largest absolute Gasteiger partial charge is 0.481 e. The van der Waals surface area contributed by atoms with Crippen molar-refractivity contribution >= 4 is 11.9 Å². The summed E-state index contributed by atoms with van der Waals surface area (Å²) in [6.07, 6.45) is 8.66. The molecule has 0 aromatic carbocycles. The molecule has 21 heavy (non-hydrogen) atoms. The molecule has 0 aliphatic heterocycles. The van der Waals surface area contributed by atoms with Crippen LogP contribution in [0.25, 0.3) is 0 Å². The number of carbonyl (C=O) groups excluding carboxylic acids is 1. The highest BCUT2D eigenvalue weighted by Crippen LogP contribution is 2.30. The van der Waals surface area contributed by atoms with E-state index in [1.165, 1.54) is 32.1 Å². The highest BCUT2D eigenvalue weighted by Gasteiger charge is 2.44. The van der Waals surface area contributed by atoms with Crippen molar-refractivity contribution in [1.82, 2.24) is 5.32 Å². The molecule has 0 rings (SSSR count). The van der Waals surface area contributed by atoms with Gasteiger partial charge in [0.1, 0.15) is 0 Å². The molecule has 0 unspecified atom stereocenters. The minimum Gasteiger partial charge on any atom is -0.481 e. The molecule has 1 amide bonds. The molecule has 4 heteroatoms. The van der Waals surface area contributed by atoms with E-state index in [9.17, 15) is 14.7 Å². The van der Waals surface area contributed by atoms with E-state index < -0.39 is 16.9 Å². The van der Waals surface area contributed by atoms with E-state index in [1.807, 2.05) is 0 Å². The molecule has 2 N–H and O–H groups in total. The average molecular weight is 299 g/mol. The van der Waals surface area contributed by atoms with E-state index in [-0.39, 0.29) is 5.91 Å². The number of amides is 1. The summed E-state index contributed by atoms with van der Waals surface area (Å²) < 4.78 is 0. The second-order valence-electron chi connectivity index (χ2n) is 6.97. The fourth-order valence-electron chi connectivity index (χ4n) is 2.08. The number of aliphatic carboxylic acids is 1. The zero-order chi connectivity index (χ0) is 16.5. The van der Waals surface area contributed by atoms with Crippen LogP contribution in [-0.4, -0.2) is 22.5 Å². The number of carbonyl (C=O) groups is 2. The minimum absolute atomic E-state index is 0.0529. The molecule has 0 bridgehead atoms. The summed E-state index contributed by atoms with van der Waals surface area (Å²) in [7, 11) is 0. The second-order valence-corrected chi connectivity index (χ2v) is 6.97. The first-order valence-electron chi connectivity index (χ1n) is 8.19. The number of carboxylic acids is 1. The van der Waals surface area contributed by atoms with Crippen LogP contribution in [-0.2, 0) is 9.59 Å². The summed E-state index contributed by atoms with van der Waals surface area (Å²) in [6, 6.07) is 0. The SMILES string of the molecule is CCCCCCCCCC(=O)NC(C)(C)C(C)(C)C(=O)O. The van der Waals surface area contributed by atoms with E-state index in [4.69, 9.17) is 0 Å². The van der Waals surface area contributed by atoms with Crippen LogP contribution in [0.4, 0.5) is 0 Å². The third kappa shape index (κ3) is 6.96. The molecule has 0 saturated carbocycles. The predicted molar refractivity (Wildman–Crippen MR) is 86.2 cm³/mol. The minimum atomic E-state index is -0.997. The third-order valence-electron chi connectivity index (χ3n) is 4.56. The summed E-state index contributed by atoms with van der Waals surface area (Å²) in [5.41, 5.74) is -1.76. The van der Waals surface area contributed by atoms with Crippen molar-refractivity contribution in [2.75, 3.05) is 0 Å². The van der Waals surface area contributed by atoms with Crippen LogP contribution in [0.5, 0.6) is 0 Å². The zero-order valence-corrected chi connectivity index (χ0v) is 14.4. The van der Waals surface area contributed by atoms with Crippen molar-refractivity contribution in [3.05, 3.63) is 0 Å². The predicted octanol–water partition coefficient (Wildman–Crippen LogP) is 4.13. The van der Waals surface area contributed by atoms with Crippen molar-refractivity contribution in [3.63, 3.8) is 0 Å². The second kappa shape index (κ2) is 9.06. The van der Waals surface area contributed by atoms with Gasteiger partial charge < -0.3 is 10.4 Å². The number of hydrogen-bond acceptors (Lipinski definition) is 2. The van der Waals surface area contributed by atoms with Crippen LogP contribution in [0.2, 0.25) is 0 Å². The van der Waals surface area contributed by atoms with E-state index in [0.717, 1.165) is 12.8 Å². The van der Waals surface area contributed by atoms with Crippen LogP contribution < -0.4 is 5.32 Å². The van der Waals surface area contributed by atoms with Gasteiger partial charge in [-0.3, -0.25) is 9.59 Å². The van der Waals surface area contributed by atoms with Gasteiger partial charge in [-0.15, -0.1) is 0 Å². The number of carboxylic acid groups (broad SMARTS) is 1. The number of hydrogen-bond donors (Lipinski definition) is 2. The van der Waals surface area contributed by atoms with Gasteiger partial charge in [0.2, 0.25) is 5.91 Å². The van der Waals surface area contributed by atoms with Crippen molar-refractivity contribution < 1.29 is 14.7 Å². The van der Waals surface area contributed by atoms with Crippen LogP contribution in [0, 0.1) is 5.41 Å². The Morgan fingerprint density at radius 2 is 1.38 bits per heavy atom. The molecule has 0 atom stereocenters. The van der Waals surface area contributed by atoms with Gasteiger partial charge in [0, 0.05) is 12.0 Å². The normalized spacial score (nSPS) is 12.2. The summed E-state index contributed by atoms with van der Waals surface area (Å²) in [4.78, 5) is 23.2. The Hall–Kier alpha value is -1.06. The maximum Gasteiger partial charge on any atom is 0.311 e. The summed E-state index contributed by atoms with van der Waals surface area (Å²) in [6.45, 7) is 9.02. The lowest BCUT2D eigenvalue weighted by Gasteiger charge is -2.38. The highest BCUT2D eigenvalue weighted by molar-refractivity contribution is 5.80. The molecule has 0 aliphatic carbocycles. The van der Waals surface area contributed by atoms with E-state index in [2.05, 4.69) is 12.2 Å². The number of rotatable bonds is 11. The molecule has 0 spiro atoms. The molecule has 0 aliphatic rings. The molecule has 0 aromatic rings. The van der Waals surface area contributed by atoms with Crippen LogP contribution in [0.3, 0.4) is 0 Å². The summed E-state index contributed by atoms with van der Waals surface area (Å²) >= 11 is 0. The smallest absolute Gasteiger partial charge is 0.311 e. The van der Waals surface area contributed by atoms with E-state index in [1.54, 1.807) is 27.7 Å². The fourth-order valence-corrected chi connectivity index (χ4v) is 2.08. The molecule has 0 fully saturated rings. The van der Waals surface area contributed by atoms with Crippen LogP contribution in [0.15, 0.2) is 0 Å². The van der Waals surface area contributed by atoms with Crippen LogP contribution in [0.1, 0.15) is 86.0 Å². The Bertz CT molecular complexity index is 335. The number of nitrogens with one attached hydrogen (secondary N) is 1. The lowest BCUT2D eigenvalue weighted by molar-refractivity contribution is -0.151. The topological polar surface area (TPSA) is 66.4 Å². The summed E-state index contributed by atoms with van der Waals surface area (Å²) in [5, 5.41) is 12.1. The maximum atomic E-state index is 12.0. The Morgan fingerprint density at radius 1 is 0.905 bits per heavy atom. The first-order chi connectivity index (χ1) is 9.65. The lowest BCUT2D eigenvalue weighted by Crippen LogP contribution is -2.56. The lowest BCUT2D eigenvalue weighted by atomic mass is 9.74. The third-order valence-corrected chi connectivity index (χ3v) is 4.56. The quantitative estimate of drug-likeness (QED) is 0.564. The fraction of sp³-hybridized carbons (Fsp3) is 0.882. The average Bonchev–Trinajstić information content (AvgIpc) is 2.36. The van der Waals surface area contributed by atoms with Gasteiger partial charge in [0.05, 0.1) is 5.41 Å². The van der Waals surface area contributed by atoms with E-state index in [0.29, 0.717) is 6.42 Å². The van der Waals surface area contributed by atoms with Crippen molar-refractivity contribution in [3.8, 4) is 0 Å². The van der Waals surface area contributed by atoms with Crippen LogP contribution >= 0.6 is 0 Å². The van der Waals surface area contributed by atoms with E-state index >= 15 is 0 Å². The highest BCUT2D eigenvalue weighted by atomic mass is 16.4. The Balaban J connectivity index is 4.01. The van der Waals surface area contributed by atoms with Gasteiger partial charge >= 0.3 is 5.97 Å². The van der Waals surface area contributed by atoms with Gasteiger partial charge in [-0.25, -0.2) is 0 Å².